The van der Waals surface area contributed by atoms with Crippen LogP contribution >= 0.6 is 11.6 Å². The van der Waals surface area contributed by atoms with E-state index in [0.29, 0.717) is 31.9 Å². The lowest BCUT2D eigenvalue weighted by molar-refractivity contribution is -0.130. The molecule has 0 atom stereocenters. The van der Waals surface area contributed by atoms with Crippen LogP contribution in [0.15, 0.2) is 18.2 Å². The van der Waals surface area contributed by atoms with Crippen LogP contribution in [0.2, 0.25) is 5.02 Å². The monoisotopic (exact) mass is 351 g/mol. The topological polar surface area (TPSA) is 117 Å². The molecule has 0 spiro atoms. The van der Waals surface area contributed by atoms with Gasteiger partial charge in [-0.3, -0.25) is 14.5 Å². The third-order valence-corrected chi connectivity index (χ3v) is 4.73. The minimum absolute atomic E-state index is 0.138. The maximum atomic E-state index is 12.4. The Morgan fingerprint density at radius 1 is 1.38 bits per heavy atom. The number of hydrogen-bond acceptors (Lipinski definition) is 4. The fraction of sp³-hybridized carbons (Fsp3) is 0.400. The third kappa shape index (κ3) is 2.90. The second-order valence-corrected chi connectivity index (χ2v) is 6.39. The van der Waals surface area contributed by atoms with Gasteiger partial charge in [-0.25, -0.2) is 4.79 Å². The van der Waals surface area contributed by atoms with Gasteiger partial charge in [0.15, 0.2) is 0 Å². The smallest absolute Gasteiger partial charge is 0.321 e. The molecule has 2 aliphatic heterocycles. The van der Waals surface area contributed by atoms with E-state index in [2.05, 4.69) is 16.0 Å². The van der Waals surface area contributed by atoms with Gasteiger partial charge in [0.1, 0.15) is 0 Å². The van der Waals surface area contributed by atoms with Crippen LogP contribution in [-0.4, -0.2) is 50.6 Å². The van der Waals surface area contributed by atoms with Gasteiger partial charge in [0.05, 0.1) is 16.0 Å². The molecule has 9 heteroatoms. The molecule has 2 heterocycles. The Hall–Kier alpha value is -2.32. The standard InChI is InChI=1S/C15H18ClN5O3/c16-11-2-1-9(21-4-3-19-14(21)24)5-10(11)12(22)20-8-15(13(17)23)6-18-7-15/h1-2,5,18H,3-4,6-8H2,(H2,17,23)(H,19,24)(H,20,22). The first-order valence-electron chi connectivity index (χ1n) is 7.57. The molecule has 2 fully saturated rings. The van der Waals surface area contributed by atoms with Gasteiger partial charge in [-0.2, -0.15) is 0 Å². The molecule has 1 aromatic carbocycles. The van der Waals surface area contributed by atoms with E-state index in [4.69, 9.17) is 17.3 Å². The van der Waals surface area contributed by atoms with E-state index >= 15 is 0 Å². The second kappa shape index (κ2) is 6.29. The first kappa shape index (κ1) is 16.5. The number of rotatable bonds is 5. The van der Waals surface area contributed by atoms with Gasteiger partial charge in [-0.05, 0) is 18.2 Å². The molecular weight excluding hydrogens is 334 g/mol. The molecule has 0 aromatic heterocycles. The van der Waals surface area contributed by atoms with Gasteiger partial charge in [0.25, 0.3) is 5.91 Å². The highest BCUT2D eigenvalue weighted by molar-refractivity contribution is 6.34. The average Bonchev–Trinajstić information content (AvgIpc) is 2.92. The first-order valence-corrected chi connectivity index (χ1v) is 7.94. The second-order valence-electron chi connectivity index (χ2n) is 5.98. The van der Waals surface area contributed by atoms with Crippen molar-refractivity contribution in [2.75, 3.05) is 37.6 Å². The lowest BCUT2D eigenvalue weighted by Crippen LogP contribution is -2.65. The Labute approximate surface area is 143 Å². The minimum atomic E-state index is -0.755. The van der Waals surface area contributed by atoms with Crippen molar-refractivity contribution < 1.29 is 14.4 Å². The van der Waals surface area contributed by atoms with E-state index in [1.54, 1.807) is 18.2 Å². The number of anilines is 1. The Bertz CT molecular complexity index is 704. The number of carbonyl (C=O) groups excluding carboxylic acids is 3. The molecule has 0 bridgehead atoms. The molecule has 5 N–H and O–H groups in total. The molecule has 2 saturated heterocycles. The van der Waals surface area contributed by atoms with Crippen molar-refractivity contribution in [3.05, 3.63) is 28.8 Å². The van der Waals surface area contributed by atoms with Crippen LogP contribution in [-0.2, 0) is 4.79 Å². The van der Waals surface area contributed by atoms with Crippen molar-refractivity contribution in [1.82, 2.24) is 16.0 Å². The van der Waals surface area contributed by atoms with Crippen LogP contribution in [0.4, 0.5) is 10.5 Å². The van der Waals surface area contributed by atoms with Crippen LogP contribution in [0.5, 0.6) is 0 Å². The summed E-state index contributed by atoms with van der Waals surface area (Å²) in [6.45, 7) is 2.09. The van der Waals surface area contributed by atoms with Gasteiger partial charge in [-0.1, -0.05) is 11.6 Å². The Morgan fingerprint density at radius 3 is 2.67 bits per heavy atom. The van der Waals surface area contributed by atoms with E-state index in [0.717, 1.165) is 0 Å². The van der Waals surface area contributed by atoms with Crippen LogP contribution in [0, 0.1) is 5.41 Å². The quantitative estimate of drug-likeness (QED) is 0.581. The predicted octanol–water partition coefficient (Wildman–Crippen LogP) is -0.326. The number of amides is 4. The summed E-state index contributed by atoms with van der Waals surface area (Å²) in [7, 11) is 0. The summed E-state index contributed by atoms with van der Waals surface area (Å²) in [5.74, 6) is -0.857. The van der Waals surface area contributed by atoms with Crippen LogP contribution in [0.1, 0.15) is 10.4 Å². The summed E-state index contributed by atoms with van der Waals surface area (Å²) in [6, 6.07) is 4.62. The summed E-state index contributed by atoms with van der Waals surface area (Å²) < 4.78 is 0. The Morgan fingerprint density at radius 2 is 2.12 bits per heavy atom. The third-order valence-electron chi connectivity index (χ3n) is 4.40. The first-order chi connectivity index (χ1) is 11.4. The lowest BCUT2D eigenvalue weighted by Gasteiger charge is -2.39. The molecule has 0 aliphatic carbocycles. The molecule has 0 radical (unpaired) electrons. The van der Waals surface area contributed by atoms with E-state index in [-0.39, 0.29) is 23.2 Å². The highest BCUT2D eigenvalue weighted by atomic mass is 35.5. The highest BCUT2D eigenvalue weighted by Crippen LogP contribution is 2.25. The molecule has 24 heavy (non-hydrogen) atoms. The number of halogens is 1. The fourth-order valence-corrected chi connectivity index (χ4v) is 2.93. The summed E-state index contributed by atoms with van der Waals surface area (Å²) in [4.78, 5) is 37.3. The molecule has 0 unspecified atom stereocenters. The number of nitrogens with two attached hydrogens (primary N) is 1. The summed E-state index contributed by atoms with van der Waals surface area (Å²) in [6.07, 6.45) is 0. The van der Waals surface area contributed by atoms with Gasteiger partial charge >= 0.3 is 6.03 Å². The van der Waals surface area contributed by atoms with Crippen molar-refractivity contribution in [2.24, 2.45) is 11.1 Å². The van der Waals surface area contributed by atoms with Gasteiger partial charge in [0.2, 0.25) is 5.91 Å². The molecule has 1 aromatic rings. The van der Waals surface area contributed by atoms with Gasteiger partial charge < -0.3 is 21.7 Å². The van der Waals surface area contributed by atoms with E-state index in [1.165, 1.54) is 4.90 Å². The number of nitrogens with zero attached hydrogens (tertiary/aromatic N) is 1. The Balaban J connectivity index is 1.74. The molecule has 128 valence electrons. The van der Waals surface area contributed by atoms with Crippen molar-refractivity contribution in [2.45, 2.75) is 0 Å². The van der Waals surface area contributed by atoms with Crippen LogP contribution in [0.3, 0.4) is 0 Å². The zero-order valence-corrected chi connectivity index (χ0v) is 13.7. The van der Waals surface area contributed by atoms with E-state index < -0.39 is 17.2 Å². The molecule has 4 amide bonds. The summed E-state index contributed by atoms with van der Waals surface area (Å²) in [5, 5.41) is 8.66. The average molecular weight is 352 g/mol. The number of carbonyl (C=O) groups is 3. The van der Waals surface area contributed by atoms with E-state index in [1.807, 2.05) is 0 Å². The van der Waals surface area contributed by atoms with Gasteiger partial charge in [0, 0.05) is 38.4 Å². The number of benzene rings is 1. The maximum absolute atomic E-state index is 12.4. The zero-order chi connectivity index (χ0) is 17.3. The predicted molar refractivity (Wildman–Crippen MR) is 89.0 cm³/mol. The van der Waals surface area contributed by atoms with Gasteiger partial charge in [-0.15, -0.1) is 0 Å². The molecule has 8 nitrogen and oxygen atoms in total. The normalized spacial score (nSPS) is 18.7. The van der Waals surface area contributed by atoms with Crippen LogP contribution < -0.4 is 26.6 Å². The molecule has 0 saturated carbocycles. The Kier molecular flexibility index (Phi) is 4.33. The van der Waals surface area contributed by atoms with Crippen molar-refractivity contribution >= 4 is 35.1 Å². The SMILES string of the molecule is NC(=O)C1(CNC(=O)c2cc(N3CCNC3=O)ccc2Cl)CNC1. The number of nitrogens with one attached hydrogen (secondary N) is 3. The lowest BCUT2D eigenvalue weighted by atomic mass is 9.81. The highest BCUT2D eigenvalue weighted by Gasteiger charge is 2.43. The number of primary amides is 1. The minimum Gasteiger partial charge on any atom is -0.369 e. The summed E-state index contributed by atoms with van der Waals surface area (Å²) >= 11 is 6.11. The van der Waals surface area contributed by atoms with Crippen molar-refractivity contribution in [3.63, 3.8) is 0 Å². The molecule has 3 rings (SSSR count). The van der Waals surface area contributed by atoms with Crippen LogP contribution in [0.25, 0.3) is 0 Å². The molecule has 2 aliphatic rings. The number of urea groups is 1. The molecular formula is C15H18ClN5O3. The largest absolute Gasteiger partial charge is 0.369 e. The fourth-order valence-electron chi connectivity index (χ4n) is 2.73. The van der Waals surface area contributed by atoms with Crippen molar-refractivity contribution in [1.29, 1.82) is 0 Å². The van der Waals surface area contributed by atoms with Crippen molar-refractivity contribution in [3.8, 4) is 0 Å². The zero-order valence-electron chi connectivity index (χ0n) is 12.9. The summed E-state index contributed by atoms with van der Waals surface area (Å²) in [5.41, 5.74) is 5.49. The number of hydrogen-bond donors (Lipinski definition) is 4. The van der Waals surface area contributed by atoms with E-state index in [9.17, 15) is 14.4 Å². The maximum Gasteiger partial charge on any atom is 0.321 e.